The van der Waals surface area contributed by atoms with E-state index in [1.807, 2.05) is 6.07 Å². The van der Waals surface area contributed by atoms with Crippen molar-refractivity contribution in [2.75, 3.05) is 32.8 Å². The molecular weight excluding hydrogens is 370 g/mol. The Morgan fingerprint density at radius 1 is 1.19 bits per heavy atom. The van der Waals surface area contributed by atoms with Gasteiger partial charge in [0.1, 0.15) is 23.9 Å². The van der Waals surface area contributed by atoms with Crippen molar-refractivity contribution >= 4 is 23.2 Å². The summed E-state index contributed by atoms with van der Waals surface area (Å²) in [6.45, 7) is 1.18. The molecule has 1 aliphatic heterocycles. The fraction of sp³-hybridized carbons (Fsp3) is 0.350. The van der Waals surface area contributed by atoms with Gasteiger partial charge < -0.3 is 24.3 Å². The van der Waals surface area contributed by atoms with Crippen LogP contribution < -0.4 is 19.5 Å². The Morgan fingerprint density at radius 3 is 2.67 bits per heavy atom. The molecule has 27 heavy (non-hydrogen) atoms. The predicted octanol–water partition coefficient (Wildman–Crippen LogP) is 4.17. The lowest BCUT2D eigenvalue weighted by atomic mass is 10.1. The van der Waals surface area contributed by atoms with Gasteiger partial charge in [0.2, 0.25) is 0 Å². The van der Waals surface area contributed by atoms with Gasteiger partial charge in [0.05, 0.1) is 36.6 Å². The molecule has 1 heterocycles. The molecule has 6 nitrogen and oxygen atoms in total. The van der Waals surface area contributed by atoms with Crippen LogP contribution in [0.1, 0.15) is 23.2 Å². The van der Waals surface area contributed by atoms with Gasteiger partial charge in [0, 0.05) is 18.7 Å². The molecule has 0 unspecified atom stereocenters. The van der Waals surface area contributed by atoms with E-state index in [1.165, 1.54) is 14.2 Å². The second-order valence-electron chi connectivity index (χ2n) is 6.08. The number of carbonyl (C=O) groups is 1. The number of amides is 1. The molecule has 2 aromatic rings. The summed E-state index contributed by atoms with van der Waals surface area (Å²) in [5, 5.41) is 3.23. The quantitative estimate of drug-likeness (QED) is 0.767. The van der Waals surface area contributed by atoms with E-state index in [4.69, 9.17) is 30.5 Å². The maximum atomic E-state index is 12.8. The highest BCUT2D eigenvalue weighted by Gasteiger charge is 2.19. The largest absolute Gasteiger partial charge is 0.495 e. The highest BCUT2D eigenvalue weighted by atomic mass is 35.5. The van der Waals surface area contributed by atoms with E-state index < -0.39 is 0 Å². The van der Waals surface area contributed by atoms with Crippen molar-refractivity contribution in [2.24, 2.45) is 0 Å². The lowest BCUT2D eigenvalue weighted by molar-refractivity contribution is 0.0673. The number of anilines is 1. The zero-order chi connectivity index (χ0) is 19.2. The van der Waals surface area contributed by atoms with E-state index in [0.717, 1.165) is 19.4 Å². The van der Waals surface area contributed by atoms with E-state index in [2.05, 4.69) is 5.32 Å². The minimum Gasteiger partial charge on any atom is -0.495 e. The number of methoxy groups -OCH3 is 2. The third kappa shape index (κ3) is 4.64. The number of hydrogen-bond acceptors (Lipinski definition) is 5. The summed E-state index contributed by atoms with van der Waals surface area (Å²) in [6, 6.07) is 10.3. The number of nitrogens with one attached hydrogen (secondary N) is 1. The van der Waals surface area contributed by atoms with Crippen molar-refractivity contribution < 1.29 is 23.7 Å². The van der Waals surface area contributed by atoms with Crippen LogP contribution in [0.25, 0.3) is 0 Å². The van der Waals surface area contributed by atoms with Gasteiger partial charge in [-0.15, -0.1) is 0 Å². The first-order chi connectivity index (χ1) is 13.1. The van der Waals surface area contributed by atoms with Crippen molar-refractivity contribution in [3.8, 4) is 17.2 Å². The molecule has 1 N–H and O–H groups in total. The van der Waals surface area contributed by atoms with Gasteiger partial charge >= 0.3 is 0 Å². The summed E-state index contributed by atoms with van der Waals surface area (Å²) in [5.74, 6) is 1.06. The molecule has 1 fully saturated rings. The number of halogens is 1. The van der Waals surface area contributed by atoms with Crippen LogP contribution in [-0.4, -0.2) is 39.4 Å². The van der Waals surface area contributed by atoms with Gasteiger partial charge in [-0.1, -0.05) is 23.7 Å². The number of ether oxygens (including phenoxy) is 4. The maximum absolute atomic E-state index is 12.8. The minimum absolute atomic E-state index is 0.0711. The van der Waals surface area contributed by atoms with Crippen LogP contribution >= 0.6 is 11.6 Å². The second-order valence-corrected chi connectivity index (χ2v) is 6.49. The first-order valence-corrected chi connectivity index (χ1v) is 9.06. The average molecular weight is 392 g/mol. The Kier molecular flexibility index (Phi) is 6.42. The molecule has 144 valence electrons. The monoisotopic (exact) mass is 391 g/mol. The standard InChI is InChI=1S/C20H22ClNO5/c1-24-18-11-16(19(25-2)10-15(18)21)22-20(23)14-7-3-4-8-17(14)27-12-13-6-5-9-26-13/h3-4,7-8,10-11,13H,5-6,9,12H2,1-2H3,(H,22,23)/t13-/m1/s1. The summed E-state index contributed by atoms with van der Waals surface area (Å²) in [4.78, 5) is 12.8. The molecule has 1 atom stereocenters. The summed E-state index contributed by atoms with van der Waals surface area (Å²) < 4.78 is 21.9. The van der Waals surface area contributed by atoms with E-state index in [9.17, 15) is 4.79 Å². The SMILES string of the molecule is COc1cc(NC(=O)c2ccccc2OC[C@H]2CCCO2)c(OC)cc1Cl. The summed E-state index contributed by atoms with van der Waals surface area (Å²) in [7, 11) is 3.01. The second kappa shape index (κ2) is 8.97. The molecule has 1 saturated heterocycles. The van der Waals surface area contributed by atoms with Gasteiger partial charge in [-0.2, -0.15) is 0 Å². The summed E-state index contributed by atoms with van der Waals surface area (Å²) >= 11 is 6.11. The predicted molar refractivity (Wildman–Crippen MR) is 103 cm³/mol. The first kappa shape index (κ1) is 19.3. The van der Waals surface area contributed by atoms with Crippen molar-refractivity contribution in [3.63, 3.8) is 0 Å². The Labute approximate surface area is 163 Å². The molecule has 3 rings (SSSR count). The average Bonchev–Trinajstić information content (AvgIpc) is 3.21. The number of rotatable bonds is 7. The van der Waals surface area contributed by atoms with Crippen LogP contribution in [0.2, 0.25) is 5.02 Å². The molecule has 1 aliphatic rings. The number of carbonyl (C=O) groups excluding carboxylic acids is 1. The molecule has 0 radical (unpaired) electrons. The van der Waals surface area contributed by atoms with Crippen LogP contribution in [0.15, 0.2) is 36.4 Å². The summed E-state index contributed by atoms with van der Waals surface area (Å²) in [5.41, 5.74) is 0.879. The minimum atomic E-state index is -0.319. The zero-order valence-corrected chi connectivity index (χ0v) is 16.0. The fourth-order valence-corrected chi connectivity index (χ4v) is 3.12. The van der Waals surface area contributed by atoms with E-state index >= 15 is 0 Å². The van der Waals surface area contributed by atoms with Crippen molar-refractivity contribution in [1.82, 2.24) is 0 Å². The Balaban J connectivity index is 1.78. The van der Waals surface area contributed by atoms with Gasteiger partial charge in [0.15, 0.2) is 0 Å². The molecule has 1 amide bonds. The van der Waals surface area contributed by atoms with Gasteiger partial charge in [-0.3, -0.25) is 4.79 Å². The van der Waals surface area contributed by atoms with Crippen LogP contribution in [0.4, 0.5) is 5.69 Å². The fourth-order valence-electron chi connectivity index (χ4n) is 2.89. The van der Waals surface area contributed by atoms with Crippen LogP contribution in [0.3, 0.4) is 0 Å². The van der Waals surface area contributed by atoms with E-state index in [0.29, 0.717) is 40.1 Å². The van der Waals surface area contributed by atoms with Crippen LogP contribution in [0, 0.1) is 0 Å². The van der Waals surface area contributed by atoms with Crippen LogP contribution in [0.5, 0.6) is 17.2 Å². The topological polar surface area (TPSA) is 66.0 Å². The Hall–Kier alpha value is -2.44. The van der Waals surface area contributed by atoms with Gasteiger partial charge in [-0.25, -0.2) is 0 Å². The molecular formula is C20H22ClNO5. The molecule has 0 spiro atoms. The number of para-hydroxylation sites is 1. The smallest absolute Gasteiger partial charge is 0.259 e. The van der Waals surface area contributed by atoms with E-state index in [1.54, 1.807) is 30.3 Å². The molecule has 2 aromatic carbocycles. The van der Waals surface area contributed by atoms with Crippen molar-refractivity contribution in [1.29, 1.82) is 0 Å². The third-order valence-electron chi connectivity index (χ3n) is 4.30. The lowest BCUT2D eigenvalue weighted by Crippen LogP contribution is -2.19. The molecule has 7 heteroatoms. The molecule has 0 saturated carbocycles. The normalized spacial score (nSPS) is 16.0. The Bertz CT molecular complexity index is 805. The van der Waals surface area contributed by atoms with E-state index in [-0.39, 0.29) is 12.0 Å². The highest BCUT2D eigenvalue weighted by molar-refractivity contribution is 6.32. The lowest BCUT2D eigenvalue weighted by Gasteiger charge is -2.16. The zero-order valence-electron chi connectivity index (χ0n) is 15.3. The van der Waals surface area contributed by atoms with Crippen molar-refractivity contribution in [2.45, 2.75) is 18.9 Å². The van der Waals surface area contributed by atoms with Crippen LogP contribution in [-0.2, 0) is 4.74 Å². The van der Waals surface area contributed by atoms with Crippen molar-refractivity contribution in [3.05, 3.63) is 47.0 Å². The first-order valence-electron chi connectivity index (χ1n) is 8.68. The third-order valence-corrected chi connectivity index (χ3v) is 4.60. The highest BCUT2D eigenvalue weighted by Crippen LogP contribution is 2.36. The molecule has 0 aliphatic carbocycles. The summed E-state index contributed by atoms with van der Waals surface area (Å²) in [6.07, 6.45) is 2.08. The van der Waals surface area contributed by atoms with Gasteiger partial charge in [0.25, 0.3) is 5.91 Å². The maximum Gasteiger partial charge on any atom is 0.259 e. The van der Waals surface area contributed by atoms with Gasteiger partial charge in [-0.05, 0) is 25.0 Å². The molecule has 0 aromatic heterocycles. The number of benzene rings is 2. The number of hydrogen-bond donors (Lipinski definition) is 1. The Morgan fingerprint density at radius 2 is 1.96 bits per heavy atom. The molecule has 0 bridgehead atoms.